The van der Waals surface area contributed by atoms with Crippen molar-refractivity contribution in [3.63, 3.8) is 0 Å². The van der Waals surface area contributed by atoms with E-state index < -0.39 is 0 Å². The average molecular weight is 246 g/mol. The van der Waals surface area contributed by atoms with E-state index in [1.807, 2.05) is 0 Å². The highest BCUT2D eigenvalue weighted by molar-refractivity contribution is 5.57. The van der Waals surface area contributed by atoms with E-state index in [4.69, 9.17) is 4.74 Å². The normalized spacial score (nSPS) is 25.5. The number of para-hydroxylation sites is 1. The first-order valence-corrected chi connectivity index (χ1v) is 6.92. The molecule has 1 aromatic rings. The second-order valence-corrected chi connectivity index (χ2v) is 5.72. The van der Waals surface area contributed by atoms with Crippen LogP contribution in [0.15, 0.2) is 24.3 Å². The van der Waals surface area contributed by atoms with E-state index in [1.165, 1.54) is 11.3 Å². The van der Waals surface area contributed by atoms with Crippen molar-refractivity contribution in [3.8, 4) is 0 Å². The summed E-state index contributed by atoms with van der Waals surface area (Å²) in [5, 5.41) is 7.25. The van der Waals surface area contributed by atoms with Gasteiger partial charge in [-0.1, -0.05) is 18.2 Å². The topological polar surface area (TPSA) is 33.3 Å². The van der Waals surface area contributed by atoms with E-state index in [1.54, 1.807) is 0 Å². The number of benzene rings is 1. The van der Waals surface area contributed by atoms with Gasteiger partial charge in [0.15, 0.2) is 0 Å². The molecule has 0 aliphatic carbocycles. The molecule has 1 saturated heterocycles. The van der Waals surface area contributed by atoms with Crippen LogP contribution in [-0.4, -0.2) is 31.8 Å². The minimum Gasteiger partial charge on any atom is -0.384 e. The molecule has 1 aromatic carbocycles. The second-order valence-electron chi connectivity index (χ2n) is 5.72. The molecule has 18 heavy (non-hydrogen) atoms. The first-order chi connectivity index (χ1) is 8.77. The zero-order valence-electron chi connectivity index (χ0n) is 11.0. The van der Waals surface area contributed by atoms with Crippen LogP contribution >= 0.6 is 0 Å². The predicted molar refractivity (Wildman–Crippen MR) is 74.1 cm³/mol. The van der Waals surface area contributed by atoms with E-state index in [-0.39, 0.29) is 5.54 Å². The maximum atomic E-state index is 5.44. The Bertz CT molecular complexity index is 413. The molecule has 98 valence electrons. The third-order valence-electron chi connectivity index (χ3n) is 4.31. The van der Waals surface area contributed by atoms with Crippen molar-refractivity contribution in [2.45, 2.75) is 31.2 Å². The zero-order chi connectivity index (χ0) is 12.4. The lowest BCUT2D eigenvalue weighted by Gasteiger charge is -2.35. The molecule has 3 rings (SSSR count). The van der Waals surface area contributed by atoms with Gasteiger partial charge in [0.1, 0.15) is 0 Å². The number of hydrogen-bond donors (Lipinski definition) is 2. The van der Waals surface area contributed by atoms with Gasteiger partial charge in [-0.25, -0.2) is 0 Å². The van der Waals surface area contributed by atoms with E-state index in [0.717, 1.165) is 39.1 Å². The SMILES string of the molecule is CC1(NCC2CNc3ccccc32)CCOCC1. The highest BCUT2D eigenvalue weighted by Gasteiger charge is 2.29. The molecule has 2 aliphatic rings. The van der Waals surface area contributed by atoms with Crippen LogP contribution in [0.3, 0.4) is 0 Å². The quantitative estimate of drug-likeness (QED) is 0.859. The predicted octanol–water partition coefficient (Wildman–Crippen LogP) is 2.35. The number of rotatable bonds is 3. The number of fused-ring (bicyclic) bond motifs is 1. The van der Waals surface area contributed by atoms with Crippen molar-refractivity contribution in [1.82, 2.24) is 5.32 Å². The summed E-state index contributed by atoms with van der Waals surface area (Å²) in [6.07, 6.45) is 2.24. The van der Waals surface area contributed by atoms with Gasteiger partial charge in [0, 0.05) is 43.4 Å². The number of hydrogen-bond acceptors (Lipinski definition) is 3. The van der Waals surface area contributed by atoms with Crippen molar-refractivity contribution in [2.75, 3.05) is 31.6 Å². The molecule has 0 aromatic heterocycles. The van der Waals surface area contributed by atoms with Crippen LogP contribution in [0.4, 0.5) is 5.69 Å². The average Bonchev–Trinajstić information content (AvgIpc) is 2.81. The lowest BCUT2D eigenvalue weighted by molar-refractivity contribution is 0.0450. The van der Waals surface area contributed by atoms with Crippen molar-refractivity contribution >= 4 is 5.69 Å². The molecule has 0 amide bonds. The van der Waals surface area contributed by atoms with Crippen LogP contribution in [0.1, 0.15) is 31.2 Å². The van der Waals surface area contributed by atoms with E-state index in [9.17, 15) is 0 Å². The lowest BCUT2D eigenvalue weighted by Crippen LogP contribution is -2.48. The molecule has 2 aliphatic heterocycles. The fourth-order valence-corrected chi connectivity index (χ4v) is 2.91. The first-order valence-electron chi connectivity index (χ1n) is 6.92. The highest BCUT2D eigenvalue weighted by Crippen LogP contribution is 2.31. The van der Waals surface area contributed by atoms with Gasteiger partial charge in [-0.2, -0.15) is 0 Å². The number of ether oxygens (including phenoxy) is 1. The van der Waals surface area contributed by atoms with Gasteiger partial charge in [-0.05, 0) is 31.4 Å². The molecule has 1 unspecified atom stereocenters. The molecule has 0 spiro atoms. The molecular weight excluding hydrogens is 224 g/mol. The summed E-state index contributed by atoms with van der Waals surface area (Å²) >= 11 is 0. The molecule has 0 radical (unpaired) electrons. The standard InChI is InChI=1S/C15H22N2O/c1-15(6-8-18-9-7-15)17-11-12-10-16-14-5-3-2-4-13(12)14/h2-5,12,16-17H,6-11H2,1H3. The van der Waals surface area contributed by atoms with Gasteiger partial charge in [-0.3, -0.25) is 0 Å². The molecule has 2 heterocycles. The van der Waals surface area contributed by atoms with Crippen LogP contribution in [0.5, 0.6) is 0 Å². The molecule has 3 nitrogen and oxygen atoms in total. The molecule has 0 bridgehead atoms. The fourth-order valence-electron chi connectivity index (χ4n) is 2.91. The molecule has 0 saturated carbocycles. The smallest absolute Gasteiger partial charge is 0.0483 e. The van der Waals surface area contributed by atoms with E-state index in [0.29, 0.717) is 5.92 Å². The summed E-state index contributed by atoms with van der Waals surface area (Å²) in [6, 6.07) is 8.65. The summed E-state index contributed by atoms with van der Waals surface area (Å²) in [5.41, 5.74) is 3.03. The summed E-state index contributed by atoms with van der Waals surface area (Å²) < 4.78 is 5.44. The minimum atomic E-state index is 0.260. The molecule has 2 N–H and O–H groups in total. The van der Waals surface area contributed by atoms with Crippen molar-refractivity contribution in [1.29, 1.82) is 0 Å². The maximum Gasteiger partial charge on any atom is 0.0483 e. The molecular formula is C15H22N2O. The lowest BCUT2D eigenvalue weighted by atomic mass is 9.91. The van der Waals surface area contributed by atoms with E-state index >= 15 is 0 Å². The van der Waals surface area contributed by atoms with E-state index in [2.05, 4.69) is 41.8 Å². The Morgan fingerprint density at radius 3 is 2.94 bits per heavy atom. The third-order valence-corrected chi connectivity index (χ3v) is 4.31. The highest BCUT2D eigenvalue weighted by atomic mass is 16.5. The van der Waals surface area contributed by atoms with Crippen LogP contribution in [0.25, 0.3) is 0 Å². The minimum absolute atomic E-state index is 0.260. The third kappa shape index (κ3) is 2.38. The van der Waals surface area contributed by atoms with Crippen LogP contribution in [0.2, 0.25) is 0 Å². The van der Waals surface area contributed by atoms with Crippen molar-refractivity contribution in [3.05, 3.63) is 29.8 Å². The first kappa shape index (κ1) is 12.0. The molecule has 3 heteroatoms. The van der Waals surface area contributed by atoms with Crippen molar-refractivity contribution in [2.24, 2.45) is 0 Å². The number of nitrogens with one attached hydrogen (secondary N) is 2. The Kier molecular flexibility index (Phi) is 3.27. The summed E-state index contributed by atoms with van der Waals surface area (Å²) in [5.74, 6) is 0.598. The second kappa shape index (κ2) is 4.90. The maximum absolute atomic E-state index is 5.44. The van der Waals surface area contributed by atoms with Gasteiger partial charge in [0.05, 0.1) is 0 Å². The van der Waals surface area contributed by atoms with Gasteiger partial charge in [0.2, 0.25) is 0 Å². The summed E-state index contributed by atoms with van der Waals surface area (Å²) in [4.78, 5) is 0. The van der Waals surface area contributed by atoms with Gasteiger partial charge < -0.3 is 15.4 Å². The van der Waals surface area contributed by atoms with Gasteiger partial charge >= 0.3 is 0 Å². The van der Waals surface area contributed by atoms with Gasteiger partial charge in [0.25, 0.3) is 0 Å². The summed E-state index contributed by atoms with van der Waals surface area (Å²) in [6.45, 7) is 6.22. The molecule has 1 atom stereocenters. The Labute approximate surface area is 109 Å². The fraction of sp³-hybridized carbons (Fsp3) is 0.600. The molecule has 1 fully saturated rings. The van der Waals surface area contributed by atoms with Crippen LogP contribution in [-0.2, 0) is 4.74 Å². The Hall–Kier alpha value is -1.06. The van der Waals surface area contributed by atoms with Gasteiger partial charge in [-0.15, -0.1) is 0 Å². The summed E-state index contributed by atoms with van der Waals surface area (Å²) in [7, 11) is 0. The van der Waals surface area contributed by atoms with Crippen molar-refractivity contribution < 1.29 is 4.74 Å². The Morgan fingerprint density at radius 2 is 2.11 bits per heavy atom. The number of anilines is 1. The largest absolute Gasteiger partial charge is 0.384 e. The Morgan fingerprint density at radius 1 is 1.33 bits per heavy atom. The van der Waals surface area contributed by atoms with Crippen LogP contribution < -0.4 is 10.6 Å². The van der Waals surface area contributed by atoms with Crippen LogP contribution in [0, 0.1) is 0 Å². The zero-order valence-corrected chi connectivity index (χ0v) is 11.0. The monoisotopic (exact) mass is 246 g/mol. The Balaban J connectivity index is 1.61.